The van der Waals surface area contributed by atoms with Crippen LogP contribution in [0.4, 0.5) is 32.2 Å². The standard InChI is InChI=1S/C44H41BrClF6N9O4S/c1-66(64,65)58-41-36-28(46)4-5-31(38(36)59(57-41)11-10-45)61-42(55-40-35(43(61)63)27(39(49)50)18-29(54-40)21-6-8-44(51,52)9-7-21)30(14-20-12-24(47)17-25(48)13-20)53-33(62)19-60-32-16-23-15-26(23)34(32)37(56-60)22-2-3-22/h4-5,12-13,17-18,21-23,26,30,39H,2-3,6-11,14-16,19H2,1H3,(H,53,62)(H,57,58)/t23-,26-,30-/m0/s1. The van der Waals surface area contributed by atoms with E-state index in [9.17, 15) is 30.8 Å². The van der Waals surface area contributed by atoms with Gasteiger partial charge in [0.05, 0.1) is 51.5 Å². The Kier molecular flexibility index (Phi) is 11.3. The number of amides is 1. The number of nitrogens with zero attached hydrogens (tertiary/aromatic N) is 7. The third-order valence-corrected chi connectivity index (χ3v) is 14.3. The Labute approximate surface area is 386 Å². The van der Waals surface area contributed by atoms with E-state index in [0.717, 1.165) is 66.1 Å². The van der Waals surface area contributed by atoms with Gasteiger partial charge in [-0.1, -0.05) is 27.5 Å². The first kappa shape index (κ1) is 44.8. The number of nitrogens with one attached hydrogen (secondary N) is 2. The number of anilines is 1. The molecule has 4 heterocycles. The largest absolute Gasteiger partial charge is 0.344 e. The zero-order valence-electron chi connectivity index (χ0n) is 35.1. The average molecular weight is 1020 g/mol. The monoisotopic (exact) mass is 1020 g/mol. The highest BCUT2D eigenvalue weighted by atomic mass is 79.9. The number of benzene rings is 2. The molecule has 0 spiro atoms. The van der Waals surface area contributed by atoms with Crippen molar-refractivity contribution in [2.24, 2.45) is 5.92 Å². The Hall–Kier alpha value is -5.02. The molecule has 3 saturated carbocycles. The second-order valence-corrected chi connectivity index (χ2v) is 20.8. The number of aromatic nitrogens is 7. The molecule has 3 atom stereocenters. The van der Waals surface area contributed by atoms with Crippen molar-refractivity contribution in [1.82, 2.24) is 39.4 Å². The van der Waals surface area contributed by atoms with Crippen LogP contribution in [-0.4, -0.2) is 65.9 Å². The summed E-state index contributed by atoms with van der Waals surface area (Å²) in [5.74, 6) is -5.44. The molecule has 0 radical (unpaired) electrons. The normalized spacial score (nSPS) is 19.7. The van der Waals surface area contributed by atoms with Gasteiger partial charge in [0.1, 0.15) is 24.0 Å². The lowest BCUT2D eigenvalue weighted by molar-refractivity contribution is -0.122. The van der Waals surface area contributed by atoms with Crippen molar-refractivity contribution in [2.75, 3.05) is 16.3 Å². The van der Waals surface area contributed by atoms with Crippen LogP contribution in [0.2, 0.25) is 5.02 Å². The minimum Gasteiger partial charge on any atom is -0.344 e. The second-order valence-electron chi connectivity index (χ2n) is 17.9. The fourth-order valence-electron chi connectivity index (χ4n) is 9.92. The van der Waals surface area contributed by atoms with Gasteiger partial charge in [-0.2, -0.15) is 10.2 Å². The van der Waals surface area contributed by atoms with Crippen LogP contribution in [0.1, 0.15) is 115 Å². The fourth-order valence-corrected chi connectivity index (χ4v) is 11.0. The van der Waals surface area contributed by atoms with Gasteiger partial charge in [0.15, 0.2) is 11.5 Å². The summed E-state index contributed by atoms with van der Waals surface area (Å²) in [6, 6.07) is 5.06. The van der Waals surface area contributed by atoms with Crippen molar-refractivity contribution in [1.29, 1.82) is 0 Å². The summed E-state index contributed by atoms with van der Waals surface area (Å²) in [6.45, 7) is -0.205. The van der Waals surface area contributed by atoms with Gasteiger partial charge in [-0.3, -0.25) is 28.2 Å². The second kappa shape index (κ2) is 16.6. The molecule has 3 fully saturated rings. The molecule has 4 aliphatic carbocycles. The van der Waals surface area contributed by atoms with Crippen LogP contribution < -0.4 is 15.6 Å². The Morgan fingerprint density at radius 1 is 0.985 bits per heavy atom. The molecule has 4 aliphatic rings. The van der Waals surface area contributed by atoms with E-state index in [1.54, 1.807) is 4.68 Å². The summed E-state index contributed by atoms with van der Waals surface area (Å²) in [4.78, 5) is 39.2. The predicted molar refractivity (Wildman–Crippen MR) is 237 cm³/mol. The highest BCUT2D eigenvalue weighted by molar-refractivity contribution is 9.09. The first-order valence-electron chi connectivity index (χ1n) is 21.6. The van der Waals surface area contributed by atoms with Gasteiger partial charge in [-0.25, -0.2) is 44.7 Å². The minimum atomic E-state index is -3.97. The number of fused-ring (bicyclic) bond motifs is 5. The molecular formula is C44H41BrClF6N9O4S. The smallest absolute Gasteiger partial charge is 0.268 e. The molecular weight excluding hydrogens is 980 g/mol. The molecule has 66 heavy (non-hydrogen) atoms. The SMILES string of the molecule is CS(=O)(=O)Nc1nn(CCBr)c2c(-n3c([C@H](Cc4cc(F)cc(F)c4)NC(=O)Cn4nc(C5CC5)c5c4C[C@@H]4C[C@H]54)nc4nc(C5CCC(F)(F)CC5)cc(C(F)F)c4c3=O)ccc(Cl)c12. The zero-order chi connectivity index (χ0) is 46.6. The summed E-state index contributed by atoms with van der Waals surface area (Å²) in [6.07, 6.45) is -0.122. The number of pyridine rings is 1. The molecule has 2 aromatic carbocycles. The van der Waals surface area contributed by atoms with Crippen molar-refractivity contribution in [3.8, 4) is 5.69 Å². The topological polar surface area (TPSA) is 159 Å². The van der Waals surface area contributed by atoms with E-state index in [0.29, 0.717) is 23.8 Å². The van der Waals surface area contributed by atoms with E-state index in [1.807, 2.05) is 0 Å². The van der Waals surface area contributed by atoms with E-state index < -0.39 is 93.3 Å². The first-order valence-corrected chi connectivity index (χ1v) is 25.0. The molecule has 6 aromatic rings. The van der Waals surface area contributed by atoms with Crippen LogP contribution in [0, 0.1) is 17.6 Å². The van der Waals surface area contributed by atoms with Gasteiger partial charge in [0.2, 0.25) is 21.9 Å². The fraction of sp³-hybridized carbons (Fsp3) is 0.455. The maximum atomic E-state index is 15.4. The summed E-state index contributed by atoms with van der Waals surface area (Å²) in [5.41, 5.74) is 0.840. The third-order valence-electron chi connectivity index (χ3n) is 13.1. The number of aryl methyl sites for hydroxylation is 1. The maximum Gasteiger partial charge on any atom is 0.268 e. The van der Waals surface area contributed by atoms with Crippen LogP contribution in [0.25, 0.3) is 27.6 Å². The van der Waals surface area contributed by atoms with Crippen LogP contribution in [-0.2, 0) is 40.7 Å². The van der Waals surface area contributed by atoms with Crippen LogP contribution in [0.15, 0.2) is 41.2 Å². The quantitative estimate of drug-likeness (QED) is 0.0809. The molecule has 348 valence electrons. The number of hydrogen-bond donors (Lipinski definition) is 2. The van der Waals surface area contributed by atoms with E-state index in [1.165, 1.54) is 22.4 Å². The van der Waals surface area contributed by atoms with E-state index >= 15 is 13.6 Å². The van der Waals surface area contributed by atoms with Crippen LogP contribution >= 0.6 is 27.5 Å². The summed E-state index contributed by atoms with van der Waals surface area (Å²) >= 11 is 10.1. The summed E-state index contributed by atoms with van der Waals surface area (Å²) in [7, 11) is -3.97. The lowest BCUT2D eigenvalue weighted by Crippen LogP contribution is -2.38. The Bertz CT molecular complexity index is 3130. The Morgan fingerprint density at radius 3 is 2.38 bits per heavy atom. The number of carbonyl (C=O) groups is 1. The van der Waals surface area contributed by atoms with Crippen molar-refractivity contribution < 1.29 is 39.6 Å². The summed E-state index contributed by atoms with van der Waals surface area (Å²) < 4.78 is 121. The van der Waals surface area contributed by atoms with Gasteiger partial charge < -0.3 is 5.32 Å². The number of alkyl halides is 5. The molecule has 4 aromatic heterocycles. The molecule has 13 nitrogen and oxygen atoms in total. The van der Waals surface area contributed by atoms with Crippen molar-refractivity contribution >= 4 is 71.2 Å². The van der Waals surface area contributed by atoms with Gasteiger partial charge in [0, 0.05) is 65.0 Å². The lowest BCUT2D eigenvalue weighted by atomic mass is 9.84. The zero-order valence-corrected chi connectivity index (χ0v) is 38.3. The van der Waals surface area contributed by atoms with Crippen molar-refractivity contribution in [2.45, 2.75) is 107 Å². The molecule has 10 rings (SSSR count). The molecule has 0 bridgehead atoms. The molecule has 0 aliphatic heterocycles. The van der Waals surface area contributed by atoms with Crippen LogP contribution in [0.3, 0.4) is 0 Å². The maximum absolute atomic E-state index is 15.4. The van der Waals surface area contributed by atoms with E-state index in [2.05, 4.69) is 36.1 Å². The highest BCUT2D eigenvalue weighted by Gasteiger charge is 2.51. The van der Waals surface area contributed by atoms with Crippen molar-refractivity contribution in [3.05, 3.63) is 103 Å². The van der Waals surface area contributed by atoms with Crippen LogP contribution in [0.5, 0.6) is 0 Å². The van der Waals surface area contributed by atoms with Gasteiger partial charge in [-0.05, 0) is 86.3 Å². The van der Waals surface area contributed by atoms with E-state index in [4.69, 9.17) is 21.7 Å². The highest BCUT2D eigenvalue weighted by Crippen LogP contribution is 2.60. The number of carbonyl (C=O) groups excluding carboxylic acids is 1. The first-order chi connectivity index (χ1) is 31.4. The lowest BCUT2D eigenvalue weighted by Gasteiger charge is -2.28. The van der Waals surface area contributed by atoms with E-state index in [-0.39, 0.29) is 75.8 Å². The number of halogens is 8. The molecule has 0 unspecified atom stereocenters. The number of sulfonamides is 1. The number of hydrogen-bond acceptors (Lipinski definition) is 8. The van der Waals surface area contributed by atoms with Crippen molar-refractivity contribution in [3.63, 3.8) is 0 Å². The molecule has 0 saturated heterocycles. The Balaban J connectivity index is 1.20. The Morgan fingerprint density at radius 2 is 1.71 bits per heavy atom. The van der Waals surface area contributed by atoms with Gasteiger partial charge >= 0.3 is 0 Å². The summed E-state index contributed by atoms with van der Waals surface area (Å²) in [5, 5.41) is 11.9. The molecule has 1 amide bonds. The molecule has 22 heteroatoms. The van der Waals surface area contributed by atoms with Gasteiger partial charge in [-0.15, -0.1) is 0 Å². The number of rotatable bonds is 14. The molecule has 2 N–H and O–H groups in total. The average Bonchev–Trinajstić information content (AvgIpc) is 4.13. The third kappa shape index (κ3) is 8.47. The minimum absolute atomic E-state index is 0.00301. The van der Waals surface area contributed by atoms with Gasteiger partial charge in [0.25, 0.3) is 12.0 Å². The predicted octanol–water partition coefficient (Wildman–Crippen LogP) is 8.89.